The van der Waals surface area contributed by atoms with E-state index in [1.54, 1.807) is 34.9 Å². The Morgan fingerprint density at radius 3 is 2.36 bits per heavy atom. The molecule has 0 aliphatic carbocycles. The van der Waals surface area contributed by atoms with E-state index in [0.29, 0.717) is 5.69 Å². The molecule has 36 heavy (non-hydrogen) atoms. The van der Waals surface area contributed by atoms with Gasteiger partial charge in [-0.3, -0.25) is 18.5 Å². The van der Waals surface area contributed by atoms with E-state index in [-0.39, 0.29) is 31.5 Å². The first kappa shape index (κ1) is 26.2. The van der Waals surface area contributed by atoms with Gasteiger partial charge in [-0.05, 0) is 69.3 Å². The zero-order valence-corrected chi connectivity index (χ0v) is 22.8. The van der Waals surface area contributed by atoms with Crippen LogP contribution in [0.25, 0.3) is 10.2 Å². The Balaban J connectivity index is 1.66. The fraction of sp³-hybridized carbons (Fsp3) is 0.200. The largest absolute Gasteiger partial charge is 0.324 e. The molecule has 0 spiro atoms. The number of nitrogens with one attached hydrogen (secondary N) is 1. The van der Waals surface area contributed by atoms with Crippen LogP contribution in [0.2, 0.25) is 10.0 Å². The van der Waals surface area contributed by atoms with E-state index in [0.717, 1.165) is 31.4 Å². The number of thiazole rings is 1. The second-order valence-corrected chi connectivity index (χ2v) is 12.2. The predicted molar refractivity (Wildman–Crippen MR) is 147 cm³/mol. The van der Waals surface area contributed by atoms with Gasteiger partial charge in [0.25, 0.3) is 10.0 Å². The number of hydrogen-bond donors (Lipinski definition) is 1. The van der Waals surface area contributed by atoms with Crippen LogP contribution < -0.4 is 14.5 Å². The minimum atomic E-state index is -4.11. The quantitative estimate of drug-likeness (QED) is 0.294. The van der Waals surface area contributed by atoms with E-state index in [4.69, 9.17) is 23.2 Å². The van der Waals surface area contributed by atoms with Crippen molar-refractivity contribution < 1.29 is 13.2 Å². The lowest BCUT2D eigenvalue weighted by Crippen LogP contribution is -2.38. The van der Waals surface area contributed by atoms with Crippen LogP contribution in [-0.4, -0.2) is 25.4 Å². The highest BCUT2D eigenvalue weighted by Crippen LogP contribution is 2.31. The van der Waals surface area contributed by atoms with Crippen molar-refractivity contribution >= 4 is 72.1 Å². The summed E-state index contributed by atoms with van der Waals surface area (Å²) in [7, 11) is -4.11. The lowest BCUT2D eigenvalue weighted by molar-refractivity contribution is -0.114. The number of carbonyl (C=O) groups excluding carboxylic acids is 1. The topological polar surface area (TPSA) is 88.5 Å². The minimum absolute atomic E-state index is 0.00145. The first-order valence-corrected chi connectivity index (χ1v) is 14.0. The van der Waals surface area contributed by atoms with Crippen LogP contribution in [-0.2, 0) is 14.8 Å². The van der Waals surface area contributed by atoms with Crippen LogP contribution in [0.5, 0.6) is 0 Å². The molecule has 1 heterocycles. The third-order valence-corrected chi connectivity index (χ3v) is 8.95. The number of benzene rings is 3. The molecule has 0 bridgehead atoms. The predicted octanol–water partition coefficient (Wildman–Crippen LogP) is 6.09. The highest BCUT2D eigenvalue weighted by Gasteiger charge is 2.28. The molecule has 0 saturated carbocycles. The first-order valence-electron chi connectivity index (χ1n) is 11.0. The van der Waals surface area contributed by atoms with Gasteiger partial charge in [0.1, 0.15) is 6.54 Å². The summed E-state index contributed by atoms with van der Waals surface area (Å²) >= 11 is 13.3. The van der Waals surface area contributed by atoms with Gasteiger partial charge in [0.2, 0.25) is 5.91 Å². The summed E-state index contributed by atoms with van der Waals surface area (Å²) in [5, 5.41) is 3.17. The number of nitrogens with zero attached hydrogens (tertiary/aromatic N) is 2. The van der Waals surface area contributed by atoms with Crippen molar-refractivity contribution in [2.75, 3.05) is 16.2 Å². The Morgan fingerprint density at radius 1 is 1.03 bits per heavy atom. The fourth-order valence-electron chi connectivity index (χ4n) is 3.73. The molecule has 0 saturated heterocycles. The van der Waals surface area contributed by atoms with Crippen LogP contribution in [0.15, 0.2) is 70.4 Å². The van der Waals surface area contributed by atoms with Gasteiger partial charge in [0.15, 0.2) is 0 Å². The molecule has 4 aromatic rings. The molecule has 0 radical (unpaired) electrons. The van der Waals surface area contributed by atoms with Crippen molar-refractivity contribution in [3.8, 4) is 0 Å². The molecule has 188 valence electrons. The molecular weight excluding hydrogens is 541 g/mol. The standard InChI is InChI=1S/C25H23Cl2N3O4S2/c1-15(2)30-22-11-6-17(12-23(22)35-25(30)32)28-24(31)14-29(18-7-10-20(26)21(27)13-18)36(33,34)19-8-4-16(3)5-9-19/h4-13,15H,14H2,1-3H3,(H,28,31). The van der Waals surface area contributed by atoms with Crippen LogP contribution in [0, 0.1) is 6.92 Å². The number of anilines is 2. The van der Waals surface area contributed by atoms with E-state index < -0.39 is 22.5 Å². The normalized spacial score (nSPS) is 11.7. The molecule has 0 aliphatic rings. The number of aryl methyl sites for hydroxylation is 1. The molecule has 0 atom stereocenters. The lowest BCUT2D eigenvalue weighted by Gasteiger charge is -2.24. The van der Waals surface area contributed by atoms with Gasteiger partial charge in [0.05, 0.1) is 30.8 Å². The van der Waals surface area contributed by atoms with Gasteiger partial charge in [-0.2, -0.15) is 0 Å². The second-order valence-electron chi connectivity index (χ2n) is 8.49. The Bertz CT molecular complexity index is 1610. The van der Waals surface area contributed by atoms with E-state index >= 15 is 0 Å². The van der Waals surface area contributed by atoms with Gasteiger partial charge in [-0.1, -0.05) is 52.2 Å². The lowest BCUT2D eigenvalue weighted by atomic mass is 10.2. The molecule has 1 aromatic heterocycles. The number of amides is 1. The Kier molecular flexibility index (Phi) is 7.47. The SMILES string of the molecule is Cc1ccc(S(=O)(=O)N(CC(=O)Nc2ccc3c(c2)sc(=O)n3C(C)C)c2ccc(Cl)c(Cl)c2)cc1. The summed E-state index contributed by atoms with van der Waals surface area (Å²) in [6, 6.07) is 15.9. The van der Waals surface area contributed by atoms with Crippen LogP contribution in [0.1, 0.15) is 25.5 Å². The number of halogens is 2. The molecule has 3 aromatic carbocycles. The molecular formula is C25H23Cl2N3O4S2. The van der Waals surface area contributed by atoms with Gasteiger partial charge in [-0.25, -0.2) is 8.42 Å². The van der Waals surface area contributed by atoms with Crippen LogP contribution >= 0.6 is 34.5 Å². The molecule has 0 fully saturated rings. The van der Waals surface area contributed by atoms with Gasteiger partial charge < -0.3 is 5.32 Å². The number of fused-ring (bicyclic) bond motifs is 1. The summed E-state index contributed by atoms with van der Waals surface area (Å²) in [6.07, 6.45) is 0. The van der Waals surface area contributed by atoms with E-state index in [9.17, 15) is 18.0 Å². The highest BCUT2D eigenvalue weighted by atomic mass is 35.5. The number of aromatic nitrogens is 1. The molecule has 0 aliphatic heterocycles. The molecule has 1 amide bonds. The van der Waals surface area contributed by atoms with E-state index in [1.165, 1.54) is 30.3 Å². The zero-order valence-electron chi connectivity index (χ0n) is 19.7. The summed E-state index contributed by atoms with van der Waals surface area (Å²) < 4.78 is 30.5. The second kappa shape index (κ2) is 10.3. The van der Waals surface area contributed by atoms with Crippen LogP contribution in [0.3, 0.4) is 0 Å². The highest BCUT2D eigenvalue weighted by molar-refractivity contribution is 7.92. The molecule has 1 N–H and O–H groups in total. The Hall–Kier alpha value is -2.85. The van der Waals surface area contributed by atoms with Crippen molar-refractivity contribution in [2.45, 2.75) is 31.7 Å². The van der Waals surface area contributed by atoms with Gasteiger partial charge in [0, 0.05) is 11.7 Å². The zero-order chi connectivity index (χ0) is 26.2. The molecule has 7 nitrogen and oxygen atoms in total. The Labute approximate surface area is 222 Å². The van der Waals surface area contributed by atoms with Crippen molar-refractivity contribution in [1.29, 1.82) is 0 Å². The van der Waals surface area contributed by atoms with Crippen molar-refractivity contribution in [3.05, 3.63) is 85.9 Å². The number of rotatable bonds is 7. The molecule has 0 unspecified atom stereocenters. The van der Waals surface area contributed by atoms with E-state index in [1.807, 2.05) is 20.8 Å². The molecule has 11 heteroatoms. The van der Waals surface area contributed by atoms with Crippen molar-refractivity contribution in [2.24, 2.45) is 0 Å². The van der Waals surface area contributed by atoms with Crippen molar-refractivity contribution in [3.63, 3.8) is 0 Å². The Morgan fingerprint density at radius 2 is 1.72 bits per heavy atom. The minimum Gasteiger partial charge on any atom is -0.324 e. The fourth-order valence-corrected chi connectivity index (χ4v) is 6.48. The number of sulfonamides is 1. The first-order chi connectivity index (χ1) is 17.0. The number of hydrogen-bond acceptors (Lipinski definition) is 5. The van der Waals surface area contributed by atoms with Gasteiger partial charge in [-0.15, -0.1) is 0 Å². The average Bonchev–Trinajstić information content (AvgIpc) is 3.14. The third kappa shape index (κ3) is 5.29. The third-order valence-electron chi connectivity index (χ3n) is 5.50. The maximum Gasteiger partial charge on any atom is 0.308 e. The maximum atomic E-state index is 13.5. The monoisotopic (exact) mass is 563 g/mol. The van der Waals surface area contributed by atoms with E-state index in [2.05, 4.69) is 5.32 Å². The summed E-state index contributed by atoms with van der Waals surface area (Å²) in [5.41, 5.74) is 2.32. The summed E-state index contributed by atoms with van der Waals surface area (Å²) in [4.78, 5) is 25.3. The smallest absolute Gasteiger partial charge is 0.308 e. The summed E-state index contributed by atoms with van der Waals surface area (Å²) in [5.74, 6) is -0.563. The van der Waals surface area contributed by atoms with Gasteiger partial charge >= 0.3 is 4.87 Å². The summed E-state index contributed by atoms with van der Waals surface area (Å²) in [6.45, 7) is 5.20. The number of carbonyl (C=O) groups is 1. The van der Waals surface area contributed by atoms with Crippen molar-refractivity contribution in [1.82, 2.24) is 4.57 Å². The maximum absolute atomic E-state index is 13.5. The van der Waals surface area contributed by atoms with Crippen LogP contribution in [0.4, 0.5) is 11.4 Å². The average molecular weight is 565 g/mol. The molecule has 4 rings (SSSR count).